The second-order valence-corrected chi connectivity index (χ2v) is 3.45. The van der Waals surface area contributed by atoms with Crippen LogP contribution in [0.2, 0.25) is 0 Å². The number of aromatic amines is 1. The molecule has 0 amide bonds. The zero-order valence-electron chi connectivity index (χ0n) is 8.73. The van der Waals surface area contributed by atoms with Crippen LogP contribution in [0.5, 0.6) is 5.75 Å². The Balaban J connectivity index is 2.16. The fourth-order valence-corrected chi connectivity index (χ4v) is 1.64. The topological polar surface area (TPSA) is 51.0 Å². The molecule has 80 valence electrons. The molecule has 2 aromatic heterocycles. The van der Waals surface area contributed by atoms with Gasteiger partial charge in [-0.1, -0.05) is 0 Å². The maximum atomic E-state index is 5.28. The van der Waals surface area contributed by atoms with Gasteiger partial charge in [-0.3, -0.25) is 0 Å². The van der Waals surface area contributed by atoms with Gasteiger partial charge in [0, 0.05) is 6.07 Å². The molecule has 0 radical (unpaired) electrons. The zero-order chi connectivity index (χ0) is 11.0. The van der Waals surface area contributed by atoms with Crippen LogP contribution < -0.4 is 4.74 Å². The van der Waals surface area contributed by atoms with Crippen LogP contribution in [0.3, 0.4) is 0 Å². The average molecular weight is 214 g/mol. The van der Waals surface area contributed by atoms with Crippen molar-refractivity contribution in [2.45, 2.75) is 0 Å². The number of fused-ring (bicyclic) bond motifs is 1. The van der Waals surface area contributed by atoms with Gasteiger partial charge in [-0.05, 0) is 24.3 Å². The SMILES string of the molecule is COc1ccc2[nH]c(-c3ccco3)nc2c1. The zero-order valence-corrected chi connectivity index (χ0v) is 8.73. The number of nitrogens with zero attached hydrogens (tertiary/aromatic N) is 1. The van der Waals surface area contributed by atoms with E-state index in [1.807, 2.05) is 30.3 Å². The largest absolute Gasteiger partial charge is 0.497 e. The smallest absolute Gasteiger partial charge is 0.174 e. The van der Waals surface area contributed by atoms with Crippen molar-refractivity contribution in [3.05, 3.63) is 36.6 Å². The third-order valence-electron chi connectivity index (χ3n) is 2.44. The standard InChI is InChI=1S/C12H10N2O2/c1-15-8-4-5-9-10(7-8)14-12(13-9)11-3-2-6-16-11/h2-7H,1H3,(H,13,14). The molecule has 1 aromatic carbocycles. The van der Waals surface area contributed by atoms with Crippen LogP contribution in [0.1, 0.15) is 0 Å². The second-order valence-electron chi connectivity index (χ2n) is 3.45. The van der Waals surface area contributed by atoms with Crippen LogP contribution in [0.15, 0.2) is 41.0 Å². The molecular weight excluding hydrogens is 204 g/mol. The highest BCUT2D eigenvalue weighted by atomic mass is 16.5. The lowest BCUT2D eigenvalue weighted by Gasteiger charge is -1.96. The molecule has 0 aliphatic rings. The van der Waals surface area contributed by atoms with Crippen LogP contribution >= 0.6 is 0 Å². The van der Waals surface area contributed by atoms with Gasteiger partial charge in [0.15, 0.2) is 11.6 Å². The molecule has 0 saturated heterocycles. The Morgan fingerprint density at radius 1 is 1.31 bits per heavy atom. The Bertz CT molecular complexity index is 611. The van der Waals surface area contributed by atoms with Crippen molar-refractivity contribution >= 4 is 11.0 Å². The number of aromatic nitrogens is 2. The highest BCUT2D eigenvalue weighted by Crippen LogP contribution is 2.23. The Kier molecular flexibility index (Phi) is 1.93. The van der Waals surface area contributed by atoms with Crippen molar-refractivity contribution in [2.75, 3.05) is 7.11 Å². The number of methoxy groups -OCH3 is 1. The first-order valence-electron chi connectivity index (χ1n) is 4.94. The number of hydrogen-bond acceptors (Lipinski definition) is 3. The van der Waals surface area contributed by atoms with Gasteiger partial charge in [0.05, 0.1) is 24.4 Å². The summed E-state index contributed by atoms with van der Waals surface area (Å²) in [5, 5.41) is 0. The lowest BCUT2D eigenvalue weighted by atomic mass is 10.3. The maximum absolute atomic E-state index is 5.28. The highest BCUT2D eigenvalue weighted by molar-refractivity contribution is 5.79. The summed E-state index contributed by atoms with van der Waals surface area (Å²) in [5.41, 5.74) is 1.83. The van der Waals surface area contributed by atoms with Gasteiger partial charge in [-0.2, -0.15) is 0 Å². The normalized spacial score (nSPS) is 10.8. The molecule has 0 aliphatic heterocycles. The number of rotatable bonds is 2. The molecule has 0 bridgehead atoms. The molecular formula is C12H10N2O2. The van der Waals surface area contributed by atoms with E-state index in [9.17, 15) is 0 Å². The van der Waals surface area contributed by atoms with E-state index in [1.165, 1.54) is 0 Å². The Morgan fingerprint density at radius 2 is 2.25 bits per heavy atom. The highest BCUT2D eigenvalue weighted by Gasteiger charge is 2.07. The summed E-state index contributed by atoms with van der Waals surface area (Å²) >= 11 is 0. The van der Waals surface area contributed by atoms with Gasteiger partial charge in [0.25, 0.3) is 0 Å². The fraction of sp³-hybridized carbons (Fsp3) is 0.0833. The molecule has 3 aromatic rings. The predicted molar refractivity (Wildman–Crippen MR) is 60.3 cm³/mol. The van der Waals surface area contributed by atoms with Crippen molar-refractivity contribution in [1.82, 2.24) is 9.97 Å². The summed E-state index contributed by atoms with van der Waals surface area (Å²) in [7, 11) is 1.64. The van der Waals surface area contributed by atoms with Crippen LogP contribution in [-0.2, 0) is 0 Å². The second kappa shape index (κ2) is 3.41. The summed E-state index contributed by atoms with van der Waals surface area (Å²) < 4.78 is 10.4. The molecule has 4 heteroatoms. The number of H-pyrrole nitrogens is 1. The van der Waals surface area contributed by atoms with E-state index >= 15 is 0 Å². The molecule has 1 N–H and O–H groups in total. The summed E-state index contributed by atoms with van der Waals surface area (Å²) in [5.74, 6) is 2.26. The number of hydrogen-bond donors (Lipinski definition) is 1. The van der Waals surface area contributed by atoms with Crippen LogP contribution in [-0.4, -0.2) is 17.1 Å². The van der Waals surface area contributed by atoms with E-state index in [1.54, 1.807) is 13.4 Å². The number of ether oxygens (including phenoxy) is 1. The lowest BCUT2D eigenvalue weighted by molar-refractivity contribution is 0.415. The van der Waals surface area contributed by atoms with Crippen molar-refractivity contribution in [3.8, 4) is 17.3 Å². The van der Waals surface area contributed by atoms with Crippen LogP contribution in [0.25, 0.3) is 22.6 Å². The summed E-state index contributed by atoms with van der Waals surface area (Å²) in [6, 6.07) is 9.43. The predicted octanol–water partition coefficient (Wildman–Crippen LogP) is 2.83. The summed E-state index contributed by atoms with van der Waals surface area (Å²) in [4.78, 5) is 7.62. The van der Waals surface area contributed by atoms with Gasteiger partial charge in [-0.15, -0.1) is 0 Å². The first-order valence-corrected chi connectivity index (χ1v) is 4.94. The number of nitrogens with one attached hydrogen (secondary N) is 1. The van der Waals surface area contributed by atoms with Crippen molar-refractivity contribution in [2.24, 2.45) is 0 Å². The number of benzene rings is 1. The third-order valence-corrected chi connectivity index (χ3v) is 2.44. The van der Waals surface area contributed by atoms with E-state index in [4.69, 9.17) is 9.15 Å². The lowest BCUT2D eigenvalue weighted by Crippen LogP contribution is -1.81. The van der Waals surface area contributed by atoms with Crippen LogP contribution in [0.4, 0.5) is 0 Å². The molecule has 3 rings (SSSR count). The third kappa shape index (κ3) is 1.35. The fourth-order valence-electron chi connectivity index (χ4n) is 1.64. The quantitative estimate of drug-likeness (QED) is 0.713. The molecule has 0 unspecified atom stereocenters. The first-order chi connectivity index (χ1) is 7.86. The Hall–Kier alpha value is -2.23. The molecule has 16 heavy (non-hydrogen) atoms. The number of imidazole rings is 1. The molecule has 0 spiro atoms. The Morgan fingerprint density at radius 3 is 3.00 bits per heavy atom. The van der Waals surface area contributed by atoms with E-state index < -0.39 is 0 Å². The van der Waals surface area contributed by atoms with Gasteiger partial charge < -0.3 is 14.1 Å². The van der Waals surface area contributed by atoms with E-state index in [-0.39, 0.29) is 0 Å². The summed E-state index contributed by atoms with van der Waals surface area (Å²) in [6.07, 6.45) is 1.63. The molecule has 0 fully saturated rings. The van der Waals surface area contributed by atoms with Crippen LogP contribution in [0, 0.1) is 0 Å². The summed E-state index contributed by atoms with van der Waals surface area (Å²) in [6.45, 7) is 0. The minimum atomic E-state index is 0.730. The number of furan rings is 1. The minimum absolute atomic E-state index is 0.730. The Labute approximate surface area is 91.9 Å². The van der Waals surface area contributed by atoms with E-state index in [0.29, 0.717) is 0 Å². The average Bonchev–Trinajstić information content (AvgIpc) is 2.96. The van der Waals surface area contributed by atoms with Gasteiger partial charge in [0.2, 0.25) is 0 Å². The van der Waals surface area contributed by atoms with Crippen molar-refractivity contribution < 1.29 is 9.15 Å². The van der Waals surface area contributed by atoms with E-state index in [2.05, 4.69) is 9.97 Å². The van der Waals surface area contributed by atoms with Gasteiger partial charge >= 0.3 is 0 Å². The molecule has 2 heterocycles. The molecule has 0 aliphatic carbocycles. The van der Waals surface area contributed by atoms with E-state index in [0.717, 1.165) is 28.4 Å². The first kappa shape index (κ1) is 9.03. The van der Waals surface area contributed by atoms with Crippen molar-refractivity contribution in [1.29, 1.82) is 0 Å². The van der Waals surface area contributed by atoms with Gasteiger partial charge in [-0.25, -0.2) is 4.98 Å². The molecule has 4 nitrogen and oxygen atoms in total. The van der Waals surface area contributed by atoms with Gasteiger partial charge in [0.1, 0.15) is 5.75 Å². The van der Waals surface area contributed by atoms with Crippen molar-refractivity contribution in [3.63, 3.8) is 0 Å². The maximum Gasteiger partial charge on any atom is 0.174 e. The monoisotopic (exact) mass is 214 g/mol. The molecule has 0 saturated carbocycles. The minimum Gasteiger partial charge on any atom is -0.497 e. The molecule has 0 atom stereocenters.